The normalized spacial score (nSPS) is 22.2. The molecule has 6 nitrogen and oxygen atoms in total. The van der Waals surface area contributed by atoms with Gasteiger partial charge in [-0.3, -0.25) is 9.79 Å². The number of benzene rings is 1. The Morgan fingerprint density at radius 1 is 1.14 bits per heavy atom. The number of nitrogens with one attached hydrogen (secondary N) is 2. The van der Waals surface area contributed by atoms with Gasteiger partial charge < -0.3 is 20.3 Å². The summed E-state index contributed by atoms with van der Waals surface area (Å²) >= 11 is 0. The van der Waals surface area contributed by atoms with Crippen molar-refractivity contribution in [2.75, 3.05) is 31.6 Å². The van der Waals surface area contributed by atoms with Gasteiger partial charge in [-0.15, -0.1) is 0 Å². The molecule has 0 radical (unpaired) electrons. The Hall–Kier alpha value is -2.50. The van der Waals surface area contributed by atoms with E-state index in [1.807, 2.05) is 6.92 Å². The van der Waals surface area contributed by atoms with Gasteiger partial charge in [0.25, 0.3) is 0 Å². The molecule has 2 aliphatic rings. The highest BCUT2D eigenvalue weighted by Gasteiger charge is 2.27. The molecular formula is C22H32N4O2. The standard InChI is InChI=1S/C22H32N4O2/c1-3-28-21(27)18-8-10-19(11-9-18)25-22(23-2)24-16-17-6-12-20(13-7-17)26-14-4-5-15-26/h4-7,12-13,18-19H,3,8-11,14-16H2,1-2H3,(H2,23,24,25). The van der Waals surface area contributed by atoms with Gasteiger partial charge in [0.15, 0.2) is 5.96 Å². The number of carbonyl (C=O) groups is 1. The van der Waals surface area contributed by atoms with Crippen LogP contribution in [0.15, 0.2) is 41.4 Å². The summed E-state index contributed by atoms with van der Waals surface area (Å²) in [7, 11) is 1.79. The van der Waals surface area contributed by atoms with Crippen molar-refractivity contribution < 1.29 is 9.53 Å². The number of nitrogens with zero attached hydrogens (tertiary/aromatic N) is 2. The van der Waals surface area contributed by atoms with E-state index in [0.29, 0.717) is 12.6 Å². The number of rotatable bonds is 6. The molecule has 0 atom stereocenters. The summed E-state index contributed by atoms with van der Waals surface area (Å²) in [5.74, 6) is 0.821. The SMILES string of the molecule is CCOC(=O)C1CCC(NC(=NC)NCc2ccc(N3CC=CC3)cc2)CC1. The first-order valence-electron chi connectivity index (χ1n) is 10.3. The predicted molar refractivity (Wildman–Crippen MR) is 114 cm³/mol. The second-order valence-corrected chi connectivity index (χ2v) is 7.41. The van der Waals surface area contributed by atoms with Crippen molar-refractivity contribution in [3.63, 3.8) is 0 Å². The van der Waals surface area contributed by atoms with Crippen LogP contribution >= 0.6 is 0 Å². The van der Waals surface area contributed by atoms with Gasteiger partial charge in [-0.25, -0.2) is 0 Å². The van der Waals surface area contributed by atoms with Crippen LogP contribution in [0.4, 0.5) is 5.69 Å². The van der Waals surface area contributed by atoms with E-state index in [9.17, 15) is 4.79 Å². The fourth-order valence-corrected chi connectivity index (χ4v) is 3.82. The number of anilines is 1. The minimum atomic E-state index is -0.0448. The number of hydrogen-bond acceptors (Lipinski definition) is 4. The molecule has 1 fully saturated rings. The van der Waals surface area contributed by atoms with E-state index in [1.165, 1.54) is 11.3 Å². The molecule has 0 unspecified atom stereocenters. The quantitative estimate of drug-likeness (QED) is 0.342. The smallest absolute Gasteiger partial charge is 0.308 e. The third-order valence-corrected chi connectivity index (χ3v) is 5.49. The first-order chi connectivity index (χ1) is 13.7. The topological polar surface area (TPSA) is 66.0 Å². The number of carbonyl (C=O) groups excluding carboxylic acids is 1. The number of aliphatic imine (C=N–C) groups is 1. The van der Waals surface area contributed by atoms with E-state index in [4.69, 9.17) is 4.74 Å². The molecule has 1 aromatic carbocycles. The molecule has 6 heteroatoms. The van der Waals surface area contributed by atoms with Crippen LogP contribution in [0.5, 0.6) is 0 Å². The summed E-state index contributed by atoms with van der Waals surface area (Å²) in [6, 6.07) is 9.03. The lowest BCUT2D eigenvalue weighted by Gasteiger charge is -2.29. The summed E-state index contributed by atoms with van der Waals surface area (Å²) in [6.07, 6.45) is 8.07. The second kappa shape index (κ2) is 10.2. The molecular weight excluding hydrogens is 352 g/mol. The summed E-state index contributed by atoms with van der Waals surface area (Å²) in [5.41, 5.74) is 2.49. The van der Waals surface area contributed by atoms with Crippen LogP contribution in [0, 0.1) is 5.92 Å². The molecule has 0 saturated heterocycles. The van der Waals surface area contributed by atoms with Gasteiger partial charge in [-0.05, 0) is 50.3 Å². The van der Waals surface area contributed by atoms with Crippen molar-refractivity contribution in [1.82, 2.24) is 10.6 Å². The van der Waals surface area contributed by atoms with Gasteiger partial charge in [0.05, 0.1) is 12.5 Å². The molecule has 1 heterocycles. The summed E-state index contributed by atoms with van der Waals surface area (Å²) < 4.78 is 5.15. The Balaban J connectivity index is 1.42. The van der Waals surface area contributed by atoms with Crippen molar-refractivity contribution in [3.05, 3.63) is 42.0 Å². The molecule has 3 rings (SSSR count). The molecule has 1 aromatic rings. The highest BCUT2D eigenvalue weighted by molar-refractivity contribution is 5.80. The third-order valence-electron chi connectivity index (χ3n) is 5.49. The Kier molecular flexibility index (Phi) is 7.34. The molecule has 1 aliphatic carbocycles. The van der Waals surface area contributed by atoms with E-state index >= 15 is 0 Å². The lowest BCUT2D eigenvalue weighted by atomic mass is 9.86. The minimum absolute atomic E-state index is 0.0448. The Morgan fingerprint density at radius 3 is 2.43 bits per heavy atom. The van der Waals surface area contributed by atoms with E-state index in [2.05, 4.69) is 56.9 Å². The van der Waals surface area contributed by atoms with Gasteiger partial charge in [0.2, 0.25) is 0 Å². The van der Waals surface area contributed by atoms with Crippen molar-refractivity contribution in [2.45, 2.75) is 45.2 Å². The Morgan fingerprint density at radius 2 is 1.82 bits per heavy atom. The third kappa shape index (κ3) is 5.50. The maximum absolute atomic E-state index is 11.9. The van der Waals surface area contributed by atoms with Crippen LogP contribution in [0.3, 0.4) is 0 Å². The van der Waals surface area contributed by atoms with Gasteiger partial charge >= 0.3 is 5.97 Å². The van der Waals surface area contributed by atoms with Crippen molar-refractivity contribution in [3.8, 4) is 0 Å². The zero-order chi connectivity index (χ0) is 19.8. The Labute approximate surface area is 168 Å². The van der Waals surface area contributed by atoms with E-state index in [0.717, 1.165) is 51.3 Å². The van der Waals surface area contributed by atoms with Crippen LogP contribution in [0.1, 0.15) is 38.2 Å². The van der Waals surface area contributed by atoms with Crippen LogP contribution < -0.4 is 15.5 Å². The highest BCUT2D eigenvalue weighted by Crippen LogP contribution is 2.25. The largest absolute Gasteiger partial charge is 0.466 e. The molecule has 1 aliphatic heterocycles. The van der Waals surface area contributed by atoms with Gasteiger partial charge in [-0.1, -0.05) is 24.3 Å². The van der Waals surface area contributed by atoms with Crippen LogP contribution in [0.2, 0.25) is 0 Å². The number of hydrogen-bond donors (Lipinski definition) is 2. The first kappa shape index (κ1) is 20.2. The Bertz CT molecular complexity index is 683. The summed E-state index contributed by atoms with van der Waals surface area (Å²) in [5, 5.41) is 6.89. The average molecular weight is 385 g/mol. The van der Waals surface area contributed by atoms with Gasteiger partial charge in [0, 0.05) is 38.4 Å². The zero-order valence-electron chi connectivity index (χ0n) is 17.0. The number of esters is 1. The fourth-order valence-electron chi connectivity index (χ4n) is 3.82. The van der Waals surface area contributed by atoms with E-state index in [1.54, 1.807) is 7.05 Å². The highest BCUT2D eigenvalue weighted by atomic mass is 16.5. The van der Waals surface area contributed by atoms with Crippen LogP contribution in [0.25, 0.3) is 0 Å². The summed E-state index contributed by atoms with van der Waals surface area (Å²) in [6.45, 7) is 5.04. The maximum atomic E-state index is 11.9. The van der Waals surface area contributed by atoms with Crippen molar-refractivity contribution >= 4 is 17.6 Å². The molecule has 28 heavy (non-hydrogen) atoms. The van der Waals surface area contributed by atoms with Crippen molar-refractivity contribution in [1.29, 1.82) is 0 Å². The molecule has 1 saturated carbocycles. The lowest BCUT2D eigenvalue weighted by molar-refractivity contribution is -0.149. The molecule has 0 amide bonds. The molecule has 0 spiro atoms. The zero-order valence-corrected chi connectivity index (χ0v) is 17.0. The van der Waals surface area contributed by atoms with Crippen LogP contribution in [-0.4, -0.2) is 44.7 Å². The molecule has 0 aromatic heterocycles. The monoisotopic (exact) mass is 384 g/mol. The van der Waals surface area contributed by atoms with E-state index < -0.39 is 0 Å². The number of guanidine groups is 1. The predicted octanol–water partition coefficient (Wildman–Crippen LogP) is 2.85. The molecule has 2 N–H and O–H groups in total. The van der Waals surface area contributed by atoms with E-state index in [-0.39, 0.29) is 11.9 Å². The number of ether oxygens (including phenoxy) is 1. The van der Waals surface area contributed by atoms with Gasteiger partial charge in [0.1, 0.15) is 0 Å². The fraction of sp³-hybridized carbons (Fsp3) is 0.545. The maximum Gasteiger partial charge on any atom is 0.308 e. The van der Waals surface area contributed by atoms with Crippen LogP contribution in [-0.2, 0) is 16.1 Å². The first-order valence-corrected chi connectivity index (χ1v) is 10.3. The molecule has 152 valence electrons. The minimum Gasteiger partial charge on any atom is -0.466 e. The van der Waals surface area contributed by atoms with Gasteiger partial charge in [-0.2, -0.15) is 0 Å². The second-order valence-electron chi connectivity index (χ2n) is 7.41. The molecule has 0 bridgehead atoms. The average Bonchev–Trinajstić information content (AvgIpc) is 3.27. The van der Waals surface area contributed by atoms with Crippen molar-refractivity contribution in [2.24, 2.45) is 10.9 Å². The summed E-state index contributed by atoms with van der Waals surface area (Å²) in [4.78, 5) is 18.6. The lowest BCUT2D eigenvalue weighted by Crippen LogP contribution is -2.45.